The van der Waals surface area contributed by atoms with E-state index in [1.165, 1.54) is 12.1 Å². The first kappa shape index (κ1) is 12.7. The Hall–Kier alpha value is -1.26. The summed E-state index contributed by atoms with van der Waals surface area (Å²) in [7, 11) is 1.73. The molecule has 1 unspecified atom stereocenters. The van der Waals surface area contributed by atoms with Crippen molar-refractivity contribution in [3.8, 4) is 11.5 Å². The molecule has 0 aliphatic carbocycles. The number of phenols is 2. The Bertz CT molecular complexity index is 228. The lowest BCUT2D eigenvalue weighted by Gasteiger charge is -2.01. The molecule has 0 radical (unpaired) electrons. The van der Waals surface area contributed by atoms with E-state index in [-0.39, 0.29) is 17.7 Å². The quantitative estimate of drug-likeness (QED) is 0.424. The molecule has 14 heavy (non-hydrogen) atoms. The van der Waals surface area contributed by atoms with Crippen LogP contribution in [0.4, 0.5) is 0 Å². The second kappa shape index (κ2) is 7.17. The smallest absolute Gasteiger partial charge is 0.157 e. The molecule has 1 aromatic carbocycles. The largest absolute Gasteiger partial charge is 0.504 e. The lowest BCUT2D eigenvalue weighted by Crippen LogP contribution is -2.22. The van der Waals surface area contributed by atoms with Crippen molar-refractivity contribution >= 4 is 0 Å². The van der Waals surface area contributed by atoms with Gasteiger partial charge in [-0.1, -0.05) is 19.1 Å². The first-order chi connectivity index (χ1) is 6.61. The third-order valence-corrected chi connectivity index (χ3v) is 1.60. The average molecular weight is 199 g/mol. The molecule has 4 heteroatoms. The van der Waals surface area contributed by atoms with Crippen molar-refractivity contribution < 1.29 is 15.3 Å². The zero-order valence-corrected chi connectivity index (χ0v) is 8.44. The fourth-order valence-electron chi connectivity index (χ4n) is 0.668. The molecule has 0 aliphatic heterocycles. The van der Waals surface area contributed by atoms with E-state index < -0.39 is 0 Å². The minimum Gasteiger partial charge on any atom is -0.504 e. The molecule has 4 N–H and O–H groups in total. The predicted octanol–water partition coefficient (Wildman–Crippen LogP) is 1.03. The van der Waals surface area contributed by atoms with Crippen LogP contribution in [0.15, 0.2) is 24.3 Å². The monoisotopic (exact) mass is 199 g/mol. The molecule has 0 amide bonds. The Morgan fingerprint density at radius 3 is 1.79 bits per heavy atom. The van der Waals surface area contributed by atoms with Gasteiger partial charge in [0.15, 0.2) is 11.5 Å². The van der Waals surface area contributed by atoms with Crippen molar-refractivity contribution in [2.75, 3.05) is 7.05 Å². The lowest BCUT2D eigenvalue weighted by atomic mass is 10.3. The minimum atomic E-state index is -0.315. The number of benzene rings is 1. The normalized spacial score (nSPS) is 11.4. The Morgan fingerprint density at radius 1 is 1.21 bits per heavy atom. The summed E-state index contributed by atoms with van der Waals surface area (Å²) >= 11 is 0. The highest BCUT2D eigenvalue weighted by Gasteiger charge is 1.90. The Balaban J connectivity index is 0.000000255. The van der Waals surface area contributed by atoms with Crippen LogP contribution in [-0.4, -0.2) is 28.6 Å². The fourth-order valence-corrected chi connectivity index (χ4v) is 0.668. The zero-order chi connectivity index (χ0) is 11.0. The van der Waals surface area contributed by atoms with Crippen LogP contribution in [0.25, 0.3) is 0 Å². The Labute approximate surface area is 83.8 Å². The number of phenolic OH excluding ortho intramolecular Hbond substituents is 2. The van der Waals surface area contributed by atoms with Crippen LogP contribution in [0.2, 0.25) is 0 Å². The van der Waals surface area contributed by atoms with Crippen LogP contribution >= 0.6 is 0 Å². The van der Waals surface area contributed by atoms with Crippen LogP contribution in [0.5, 0.6) is 11.5 Å². The van der Waals surface area contributed by atoms with Crippen LogP contribution in [0.1, 0.15) is 13.3 Å². The van der Waals surface area contributed by atoms with Gasteiger partial charge in [0.1, 0.15) is 6.23 Å². The van der Waals surface area contributed by atoms with Crippen LogP contribution in [0, 0.1) is 0 Å². The van der Waals surface area contributed by atoms with E-state index in [2.05, 4.69) is 5.32 Å². The van der Waals surface area contributed by atoms with Gasteiger partial charge in [-0.05, 0) is 25.6 Å². The summed E-state index contributed by atoms with van der Waals surface area (Å²) in [5.74, 6) is -0.153. The molecule has 0 saturated heterocycles. The SMILES string of the molecule is CCC(O)NC.Oc1ccccc1O. The van der Waals surface area contributed by atoms with Crippen molar-refractivity contribution in [1.82, 2.24) is 5.32 Å². The van der Waals surface area contributed by atoms with Crippen LogP contribution in [-0.2, 0) is 0 Å². The maximum absolute atomic E-state index is 8.67. The van der Waals surface area contributed by atoms with E-state index in [0.717, 1.165) is 6.42 Å². The van der Waals surface area contributed by atoms with Gasteiger partial charge in [-0.25, -0.2) is 0 Å². The minimum absolute atomic E-state index is 0.0764. The number of para-hydroxylation sites is 2. The van der Waals surface area contributed by atoms with Gasteiger partial charge >= 0.3 is 0 Å². The lowest BCUT2D eigenvalue weighted by molar-refractivity contribution is 0.143. The number of hydrogen-bond donors (Lipinski definition) is 4. The van der Waals surface area contributed by atoms with Gasteiger partial charge in [-0.2, -0.15) is 0 Å². The summed E-state index contributed by atoms with van der Waals surface area (Å²) in [5.41, 5.74) is 0. The number of rotatable bonds is 2. The fraction of sp³-hybridized carbons (Fsp3) is 0.400. The van der Waals surface area contributed by atoms with Gasteiger partial charge in [0.25, 0.3) is 0 Å². The Kier molecular flexibility index (Phi) is 6.53. The van der Waals surface area contributed by atoms with E-state index in [4.69, 9.17) is 15.3 Å². The van der Waals surface area contributed by atoms with Gasteiger partial charge in [0.2, 0.25) is 0 Å². The van der Waals surface area contributed by atoms with Crippen molar-refractivity contribution in [3.05, 3.63) is 24.3 Å². The zero-order valence-electron chi connectivity index (χ0n) is 8.44. The molecule has 0 spiro atoms. The van der Waals surface area contributed by atoms with E-state index in [9.17, 15) is 0 Å². The topological polar surface area (TPSA) is 72.7 Å². The van der Waals surface area contributed by atoms with Crippen molar-refractivity contribution in [3.63, 3.8) is 0 Å². The summed E-state index contributed by atoms with van der Waals surface area (Å²) in [5, 5.41) is 28.6. The predicted molar refractivity (Wildman–Crippen MR) is 55.1 cm³/mol. The first-order valence-corrected chi connectivity index (χ1v) is 4.44. The molecular weight excluding hydrogens is 182 g/mol. The van der Waals surface area contributed by atoms with Crippen molar-refractivity contribution in [2.45, 2.75) is 19.6 Å². The highest BCUT2D eigenvalue weighted by atomic mass is 16.3. The molecule has 0 bridgehead atoms. The molecule has 1 atom stereocenters. The molecule has 0 saturated carbocycles. The number of nitrogens with one attached hydrogen (secondary N) is 1. The third kappa shape index (κ3) is 5.40. The molecule has 0 aromatic heterocycles. The molecule has 1 rings (SSSR count). The summed E-state index contributed by atoms with van der Waals surface area (Å²) in [6.45, 7) is 1.92. The maximum atomic E-state index is 8.67. The third-order valence-electron chi connectivity index (χ3n) is 1.60. The molecule has 0 heterocycles. The number of hydrogen-bond acceptors (Lipinski definition) is 4. The van der Waals surface area contributed by atoms with Gasteiger partial charge in [-0.3, -0.25) is 5.32 Å². The summed E-state index contributed by atoms with van der Waals surface area (Å²) in [6, 6.07) is 6.15. The molecule has 4 nitrogen and oxygen atoms in total. The van der Waals surface area contributed by atoms with Crippen LogP contribution in [0.3, 0.4) is 0 Å². The van der Waals surface area contributed by atoms with Gasteiger partial charge in [0.05, 0.1) is 0 Å². The van der Waals surface area contributed by atoms with Gasteiger partial charge in [-0.15, -0.1) is 0 Å². The number of aliphatic hydroxyl groups excluding tert-OH is 1. The Morgan fingerprint density at radius 2 is 1.64 bits per heavy atom. The second-order valence-corrected chi connectivity index (χ2v) is 2.70. The van der Waals surface area contributed by atoms with E-state index in [1.807, 2.05) is 6.92 Å². The van der Waals surface area contributed by atoms with E-state index >= 15 is 0 Å². The average Bonchev–Trinajstić information content (AvgIpc) is 2.22. The standard InChI is InChI=1S/C6H6O2.C4H11NO/c7-5-3-1-2-4-6(5)8;1-3-4(6)5-2/h1-4,7-8H;4-6H,3H2,1-2H3. The molecule has 1 aromatic rings. The van der Waals surface area contributed by atoms with Gasteiger partial charge in [0, 0.05) is 0 Å². The molecule has 0 fully saturated rings. The van der Waals surface area contributed by atoms with Crippen molar-refractivity contribution in [1.29, 1.82) is 0 Å². The maximum Gasteiger partial charge on any atom is 0.157 e. The summed E-state index contributed by atoms with van der Waals surface area (Å²) in [4.78, 5) is 0. The number of aliphatic hydroxyl groups is 1. The number of aromatic hydroxyl groups is 2. The highest BCUT2D eigenvalue weighted by Crippen LogP contribution is 2.21. The second-order valence-electron chi connectivity index (χ2n) is 2.70. The van der Waals surface area contributed by atoms with Gasteiger partial charge < -0.3 is 15.3 Å². The molecular formula is C10H17NO3. The van der Waals surface area contributed by atoms with Crippen LogP contribution < -0.4 is 5.32 Å². The summed E-state index contributed by atoms with van der Waals surface area (Å²) in [6.07, 6.45) is 0.459. The first-order valence-electron chi connectivity index (χ1n) is 4.44. The van der Waals surface area contributed by atoms with E-state index in [1.54, 1.807) is 19.2 Å². The summed E-state index contributed by atoms with van der Waals surface area (Å²) < 4.78 is 0. The highest BCUT2D eigenvalue weighted by molar-refractivity contribution is 5.36. The molecule has 0 aliphatic rings. The van der Waals surface area contributed by atoms with E-state index in [0.29, 0.717) is 0 Å². The van der Waals surface area contributed by atoms with Crippen molar-refractivity contribution in [2.24, 2.45) is 0 Å². The molecule has 80 valence electrons.